The van der Waals surface area contributed by atoms with Gasteiger partial charge in [0.05, 0.1) is 16.3 Å². The van der Waals surface area contributed by atoms with Crippen molar-refractivity contribution in [1.29, 1.82) is 0 Å². The average Bonchev–Trinajstić information content (AvgIpc) is 2.41. The number of amides is 1. The molecule has 0 bridgehead atoms. The Morgan fingerprint density at radius 2 is 1.76 bits per heavy atom. The van der Waals surface area contributed by atoms with E-state index in [-0.39, 0.29) is 10.7 Å². The van der Waals surface area contributed by atoms with E-state index >= 15 is 0 Å². The lowest BCUT2D eigenvalue weighted by Gasteiger charge is -2.14. The smallest absolute Gasteiger partial charge is 0.398 e. The summed E-state index contributed by atoms with van der Waals surface area (Å²) in [7, 11) is 0. The fraction of sp³-hybridized carbons (Fsp3) is 0.0714. The third kappa shape index (κ3) is 3.46. The lowest BCUT2D eigenvalue weighted by atomic mass is 10.1. The van der Waals surface area contributed by atoms with Crippen LogP contribution in [0.4, 0.5) is 24.5 Å². The van der Waals surface area contributed by atoms with E-state index < -0.39 is 23.3 Å². The zero-order valence-corrected chi connectivity index (χ0v) is 11.3. The summed E-state index contributed by atoms with van der Waals surface area (Å²) in [5, 5.41) is 2.27. The first-order valence-corrected chi connectivity index (χ1v) is 6.19. The van der Waals surface area contributed by atoms with Crippen LogP contribution in [0.25, 0.3) is 0 Å². The molecule has 0 spiro atoms. The van der Waals surface area contributed by atoms with E-state index in [0.29, 0.717) is 5.56 Å². The van der Waals surface area contributed by atoms with Gasteiger partial charge in [0.2, 0.25) is 0 Å². The van der Waals surface area contributed by atoms with Crippen LogP contribution >= 0.6 is 11.6 Å². The van der Waals surface area contributed by atoms with Crippen molar-refractivity contribution in [3.63, 3.8) is 0 Å². The highest BCUT2D eigenvalue weighted by Gasteiger charge is 2.34. The highest BCUT2D eigenvalue weighted by atomic mass is 35.5. The Kier molecular flexibility index (Phi) is 4.09. The van der Waals surface area contributed by atoms with E-state index in [0.717, 1.165) is 12.1 Å². The molecule has 0 saturated carbocycles. The quantitative estimate of drug-likeness (QED) is 0.816. The molecule has 7 heteroatoms. The Morgan fingerprint density at radius 3 is 2.33 bits per heavy atom. The maximum Gasteiger partial charge on any atom is 0.418 e. The third-order valence-corrected chi connectivity index (χ3v) is 3.04. The second-order valence-corrected chi connectivity index (χ2v) is 4.64. The molecule has 2 aromatic rings. The van der Waals surface area contributed by atoms with E-state index in [9.17, 15) is 18.0 Å². The van der Waals surface area contributed by atoms with Crippen molar-refractivity contribution >= 4 is 28.9 Å². The van der Waals surface area contributed by atoms with Crippen LogP contribution in [0.1, 0.15) is 15.9 Å². The number of hydrogen-bond donors (Lipinski definition) is 2. The van der Waals surface area contributed by atoms with Crippen LogP contribution in [0.15, 0.2) is 42.5 Å². The number of carbonyl (C=O) groups is 1. The fourth-order valence-corrected chi connectivity index (χ4v) is 1.93. The van der Waals surface area contributed by atoms with Gasteiger partial charge >= 0.3 is 6.18 Å². The summed E-state index contributed by atoms with van der Waals surface area (Å²) in [4.78, 5) is 11.9. The summed E-state index contributed by atoms with van der Waals surface area (Å²) in [6.07, 6.45) is -4.62. The van der Waals surface area contributed by atoms with Crippen LogP contribution < -0.4 is 11.1 Å². The number of nitrogens with one attached hydrogen (secondary N) is 1. The molecule has 0 saturated heterocycles. The molecule has 110 valence electrons. The van der Waals surface area contributed by atoms with E-state index in [2.05, 4.69) is 5.32 Å². The molecule has 1 amide bonds. The molecule has 0 fully saturated rings. The summed E-state index contributed by atoms with van der Waals surface area (Å²) in [5.41, 5.74) is 3.92. The highest BCUT2D eigenvalue weighted by Crippen LogP contribution is 2.38. The van der Waals surface area contributed by atoms with Gasteiger partial charge in [-0.1, -0.05) is 29.8 Å². The van der Waals surface area contributed by atoms with Crippen molar-refractivity contribution < 1.29 is 18.0 Å². The van der Waals surface area contributed by atoms with Crippen LogP contribution in [0.2, 0.25) is 5.02 Å². The highest BCUT2D eigenvalue weighted by molar-refractivity contribution is 6.34. The molecule has 0 aliphatic rings. The summed E-state index contributed by atoms with van der Waals surface area (Å²) in [5.74, 6) is -0.560. The van der Waals surface area contributed by atoms with Crippen LogP contribution in [-0.4, -0.2) is 5.91 Å². The van der Waals surface area contributed by atoms with Gasteiger partial charge in [0.25, 0.3) is 5.91 Å². The summed E-state index contributed by atoms with van der Waals surface area (Å²) < 4.78 is 38.4. The van der Waals surface area contributed by atoms with Gasteiger partial charge in [-0.2, -0.15) is 13.2 Å². The first-order chi connectivity index (χ1) is 9.79. The number of benzene rings is 2. The molecule has 2 rings (SSSR count). The molecule has 0 aromatic heterocycles. The maximum absolute atomic E-state index is 12.8. The van der Waals surface area contributed by atoms with Crippen LogP contribution in [0, 0.1) is 0 Å². The van der Waals surface area contributed by atoms with Crippen LogP contribution in [0.5, 0.6) is 0 Å². The van der Waals surface area contributed by atoms with Crippen LogP contribution in [0.3, 0.4) is 0 Å². The van der Waals surface area contributed by atoms with Crippen molar-refractivity contribution in [2.24, 2.45) is 0 Å². The molecule has 0 heterocycles. The Labute approximate surface area is 123 Å². The largest absolute Gasteiger partial charge is 0.418 e. The Balaban J connectivity index is 2.35. The number of halogens is 4. The monoisotopic (exact) mass is 314 g/mol. The summed E-state index contributed by atoms with van der Waals surface area (Å²) >= 11 is 5.82. The molecule has 0 atom stereocenters. The molecule has 0 radical (unpaired) electrons. The number of nitrogens with two attached hydrogens (primary N) is 1. The van der Waals surface area contributed by atoms with Crippen molar-refractivity contribution in [2.75, 3.05) is 11.1 Å². The molecule has 2 aromatic carbocycles. The molecular weight excluding hydrogens is 305 g/mol. The minimum atomic E-state index is -4.62. The first kappa shape index (κ1) is 15.2. The summed E-state index contributed by atoms with van der Waals surface area (Å²) in [6.45, 7) is 0. The number of alkyl halides is 3. The lowest BCUT2D eigenvalue weighted by molar-refractivity contribution is -0.136. The van der Waals surface area contributed by atoms with Gasteiger partial charge in [-0.25, -0.2) is 0 Å². The van der Waals surface area contributed by atoms with Gasteiger partial charge in [-0.3, -0.25) is 4.79 Å². The SMILES string of the molecule is Nc1cc(Cl)c(NC(=O)c2ccccc2)cc1C(F)(F)F. The minimum Gasteiger partial charge on any atom is -0.398 e. The zero-order valence-electron chi connectivity index (χ0n) is 10.5. The predicted octanol–water partition coefficient (Wildman–Crippen LogP) is 4.19. The van der Waals surface area contributed by atoms with Gasteiger partial charge in [0.15, 0.2) is 0 Å². The molecule has 21 heavy (non-hydrogen) atoms. The van der Waals surface area contributed by atoms with Crippen LogP contribution in [-0.2, 0) is 6.18 Å². The van der Waals surface area contributed by atoms with Gasteiger partial charge in [-0.05, 0) is 24.3 Å². The maximum atomic E-state index is 12.8. The standard InChI is InChI=1S/C14H10ClF3N2O/c15-10-7-11(19)9(14(16,17)18)6-12(10)20-13(21)8-4-2-1-3-5-8/h1-7H,19H2,(H,20,21). The molecule has 0 aliphatic heterocycles. The second kappa shape index (κ2) is 5.65. The van der Waals surface area contributed by atoms with Gasteiger partial charge < -0.3 is 11.1 Å². The molecule has 0 aliphatic carbocycles. The zero-order chi connectivity index (χ0) is 15.6. The van der Waals surface area contributed by atoms with Gasteiger partial charge in [0.1, 0.15) is 0 Å². The van der Waals surface area contributed by atoms with Gasteiger partial charge in [-0.15, -0.1) is 0 Å². The third-order valence-electron chi connectivity index (χ3n) is 2.73. The van der Waals surface area contributed by atoms with Gasteiger partial charge in [0, 0.05) is 11.3 Å². The molecule has 3 N–H and O–H groups in total. The van der Waals surface area contributed by atoms with E-state index in [1.54, 1.807) is 18.2 Å². The number of rotatable bonds is 2. The fourth-order valence-electron chi connectivity index (χ4n) is 1.71. The molecule has 3 nitrogen and oxygen atoms in total. The molecular formula is C14H10ClF3N2O. The minimum absolute atomic E-state index is 0.0650. The van der Waals surface area contributed by atoms with E-state index in [4.69, 9.17) is 17.3 Å². The van der Waals surface area contributed by atoms with Crippen molar-refractivity contribution in [1.82, 2.24) is 0 Å². The first-order valence-electron chi connectivity index (χ1n) is 5.81. The normalized spacial score (nSPS) is 11.2. The topological polar surface area (TPSA) is 55.1 Å². The van der Waals surface area contributed by atoms with E-state index in [1.165, 1.54) is 12.1 Å². The average molecular weight is 315 g/mol. The Hall–Kier alpha value is -2.21. The summed E-state index contributed by atoms with van der Waals surface area (Å²) in [6, 6.07) is 9.75. The number of nitrogen functional groups attached to an aromatic ring is 1. The number of carbonyl (C=O) groups excluding carboxylic acids is 1. The lowest BCUT2D eigenvalue weighted by Crippen LogP contribution is -2.14. The van der Waals surface area contributed by atoms with E-state index in [1.807, 2.05) is 0 Å². The number of hydrogen-bond acceptors (Lipinski definition) is 2. The number of anilines is 2. The second-order valence-electron chi connectivity index (χ2n) is 4.24. The Morgan fingerprint density at radius 1 is 1.14 bits per heavy atom. The predicted molar refractivity (Wildman–Crippen MR) is 75.3 cm³/mol. The van der Waals surface area contributed by atoms with Crippen molar-refractivity contribution in [3.8, 4) is 0 Å². The molecule has 0 unspecified atom stereocenters. The Bertz CT molecular complexity index is 672. The van der Waals surface area contributed by atoms with Crippen molar-refractivity contribution in [2.45, 2.75) is 6.18 Å². The van der Waals surface area contributed by atoms with Crippen molar-refractivity contribution in [3.05, 3.63) is 58.6 Å².